The van der Waals surface area contributed by atoms with Crippen LogP contribution in [0.2, 0.25) is 0 Å². The molecule has 0 saturated carbocycles. The summed E-state index contributed by atoms with van der Waals surface area (Å²) in [7, 11) is 0. The molecule has 0 bridgehead atoms. The molecule has 2 N–H and O–H groups in total. The van der Waals surface area contributed by atoms with Gasteiger partial charge < -0.3 is 15.2 Å². The highest BCUT2D eigenvalue weighted by Crippen LogP contribution is 2.25. The molecule has 1 saturated heterocycles. The second-order valence-electron chi connectivity index (χ2n) is 6.16. The molecule has 2 unspecified atom stereocenters. The Hall–Kier alpha value is -1.10. The van der Waals surface area contributed by atoms with Crippen LogP contribution >= 0.6 is 0 Å². The molecule has 1 fully saturated rings. The summed E-state index contributed by atoms with van der Waals surface area (Å²) < 4.78 is 5.50. The summed E-state index contributed by atoms with van der Waals surface area (Å²) in [6.45, 7) is 7.25. The average Bonchev–Trinajstić information content (AvgIpc) is 2.80. The highest BCUT2D eigenvalue weighted by atomic mass is 16.5. The lowest BCUT2D eigenvalue weighted by Crippen LogP contribution is -2.44. The van der Waals surface area contributed by atoms with Crippen LogP contribution in [-0.2, 0) is 14.3 Å². The van der Waals surface area contributed by atoms with Gasteiger partial charge in [0.1, 0.15) is 5.60 Å². The Morgan fingerprint density at radius 3 is 2.55 bits per heavy atom. The minimum Gasteiger partial charge on any atom is -0.481 e. The number of nitrogens with one attached hydrogen (secondary N) is 1. The lowest BCUT2D eigenvalue weighted by molar-refractivity contribution is -0.140. The number of ether oxygens (including phenoxy) is 1. The van der Waals surface area contributed by atoms with Gasteiger partial charge in [-0.2, -0.15) is 0 Å². The van der Waals surface area contributed by atoms with Crippen molar-refractivity contribution in [3.05, 3.63) is 0 Å². The molecule has 1 aliphatic heterocycles. The van der Waals surface area contributed by atoms with Crippen LogP contribution < -0.4 is 5.32 Å². The third kappa shape index (κ3) is 5.12. The Morgan fingerprint density at radius 1 is 1.35 bits per heavy atom. The summed E-state index contributed by atoms with van der Waals surface area (Å²) in [6.07, 6.45) is 3.36. The van der Waals surface area contributed by atoms with Gasteiger partial charge in [0, 0.05) is 19.6 Å². The molecule has 0 spiro atoms. The fourth-order valence-electron chi connectivity index (χ4n) is 2.64. The van der Waals surface area contributed by atoms with E-state index in [1.807, 2.05) is 6.92 Å². The summed E-state index contributed by atoms with van der Waals surface area (Å²) in [5, 5.41) is 11.7. The van der Waals surface area contributed by atoms with Crippen molar-refractivity contribution in [2.45, 2.75) is 58.5 Å². The van der Waals surface area contributed by atoms with Gasteiger partial charge >= 0.3 is 5.97 Å². The van der Waals surface area contributed by atoms with Crippen LogP contribution in [0.25, 0.3) is 0 Å². The van der Waals surface area contributed by atoms with E-state index < -0.39 is 11.6 Å². The van der Waals surface area contributed by atoms with Gasteiger partial charge in [-0.1, -0.05) is 13.8 Å². The van der Waals surface area contributed by atoms with Crippen LogP contribution in [0.15, 0.2) is 0 Å². The van der Waals surface area contributed by atoms with Crippen LogP contribution in [0.5, 0.6) is 0 Å². The van der Waals surface area contributed by atoms with E-state index in [9.17, 15) is 9.59 Å². The van der Waals surface area contributed by atoms with Gasteiger partial charge in [0.25, 0.3) is 5.91 Å². The topological polar surface area (TPSA) is 75.6 Å². The number of amides is 1. The van der Waals surface area contributed by atoms with Gasteiger partial charge in [-0.15, -0.1) is 0 Å². The minimum atomic E-state index is -0.758. The lowest BCUT2D eigenvalue weighted by atomic mass is 9.88. The number of carboxylic acids is 1. The number of aliphatic carboxylic acids is 1. The minimum absolute atomic E-state index is 0.0456. The van der Waals surface area contributed by atoms with Gasteiger partial charge in [-0.3, -0.25) is 9.59 Å². The molecule has 2 atom stereocenters. The van der Waals surface area contributed by atoms with Crippen LogP contribution in [0.3, 0.4) is 0 Å². The molecule has 5 heteroatoms. The number of carboxylic acid groups (broad SMARTS) is 1. The van der Waals surface area contributed by atoms with Gasteiger partial charge in [-0.05, 0) is 44.4 Å². The number of carbonyl (C=O) groups is 2. The molecule has 0 radical (unpaired) electrons. The quantitative estimate of drug-likeness (QED) is 0.717. The van der Waals surface area contributed by atoms with E-state index in [4.69, 9.17) is 9.84 Å². The van der Waals surface area contributed by atoms with Crippen LogP contribution in [0, 0.1) is 11.8 Å². The number of carbonyl (C=O) groups excluding carboxylic acids is 1. The number of hydrogen-bond acceptors (Lipinski definition) is 3. The maximum absolute atomic E-state index is 12.1. The highest BCUT2D eigenvalue weighted by molar-refractivity contribution is 5.84. The first-order valence-electron chi connectivity index (χ1n) is 7.49. The zero-order valence-corrected chi connectivity index (χ0v) is 12.8. The molecule has 0 aromatic heterocycles. The second-order valence-corrected chi connectivity index (χ2v) is 6.16. The first-order chi connectivity index (χ1) is 9.35. The highest BCUT2D eigenvalue weighted by Gasteiger charge is 2.37. The third-order valence-electron chi connectivity index (χ3n) is 4.17. The Labute approximate surface area is 121 Å². The third-order valence-corrected chi connectivity index (χ3v) is 4.17. The average molecular weight is 285 g/mol. The number of rotatable bonds is 8. The molecule has 1 aliphatic rings. The summed E-state index contributed by atoms with van der Waals surface area (Å²) in [5.74, 6) is -0.0597. The first kappa shape index (κ1) is 17.0. The van der Waals surface area contributed by atoms with Gasteiger partial charge in [-0.25, -0.2) is 0 Å². The predicted octanol–water partition coefficient (Wildman–Crippen LogP) is 2.20. The Bertz CT molecular complexity index is 335. The molecule has 1 rings (SSSR count). The fraction of sp³-hybridized carbons (Fsp3) is 0.867. The SMILES string of the molecule is CC(C)C(CCNC(=O)C1(C)CCCO1)CCC(=O)O. The molecule has 116 valence electrons. The first-order valence-corrected chi connectivity index (χ1v) is 7.49. The van der Waals surface area contributed by atoms with E-state index in [0.29, 0.717) is 31.4 Å². The van der Waals surface area contributed by atoms with Gasteiger partial charge in [0.15, 0.2) is 0 Å². The van der Waals surface area contributed by atoms with Crippen molar-refractivity contribution in [3.8, 4) is 0 Å². The van der Waals surface area contributed by atoms with E-state index in [-0.39, 0.29) is 12.3 Å². The summed E-state index contributed by atoms with van der Waals surface area (Å²) in [4.78, 5) is 22.7. The van der Waals surface area contributed by atoms with Crippen molar-refractivity contribution in [1.29, 1.82) is 0 Å². The zero-order valence-electron chi connectivity index (χ0n) is 12.8. The number of hydrogen-bond donors (Lipinski definition) is 2. The molecule has 20 heavy (non-hydrogen) atoms. The van der Waals surface area contributed by atoms with Gasteiger partial charge in [0.2, 0.25) is 0 Å². The molecular formula is C15H27NO4. The zero-order chi connectivity index (χ0) is 15.2. The standard InChI is InChI=1S/C15H27NO4/c1-11(2)12(5-6-13(17)18)7-9-16-14(19)15(3)8-4-10-20-15/h11-12H,4-10H2,1-3H3,(H,16,19)(H,17,18). The summed E-state index contributed by atoms with van der Waals surface area (Å²) >= 11 is 0. The van der Waals surface area contributed by atoms with E-state index >= 15 is 0 Å². The normalized spacial score (nSPS) is 23.8. The predicted molar refractivity (Wildman–Crippen MR) is 76.4 cm³/mol. The van der Waals surface area contributed by atoms with Crippen molar-refractivity contribution in [2.24, 2.45) is 11.8 Å². The maximum atomic E-state index is 12.1. The van der Waals surface area contributed by atoms with Crippen molar-refractivity contribution >= 4 is 11.9 Å². The van der Waals surface area contributed by atoms with Crippen LogP contribution in [-0.4, -0.2) is 35.7 Å². The molecule has 1 amide bonds. The lowest BCUT2D eigenvalue weighted by Gasteiger charge is -2.24. The second kappa shape index (κ2) is 7.62. The van der Waals surface area contributed by atoms with Crippen molar-refractivity contribution < 1.29 is 19.4 Å². The molecule has 0 aliphatic carbocycles. The van der Waals surface area contributed by atoms with Crippen molar-refractivity contribution in [2.75, 3.05) is 13.2 Å². The van der Waals surface area contributed by atoms with Crippen molar-refractivity contribution in [1.82, 2.24) is 5.32 Å². The van der Waals surface area contributed by atoms with E-state index in [2.05, 4.69) is 19.2 Å². The fourth-order valence-corrected chi connectivity index (χ4v) is 2.64. The van der Waals surface area contributed by atoms with E-state index in [1.54, 1.807) is 0 Å². The van der Waals surface area contributed by atoms with Crippen molar-refractivity contribution in [3.63, 3.8) is 0 Å². The monoisotopic (exact) mass is 285 g/mol. The largest absolute Gasteiger partial charge is 0.481 e. The molecule has 5 nitrogen and oxygen atoms in total. The summed E-state index contributed by atoms with van der Waals surface area (Å²) in [6, 6.07) is 0. The maximum Gasteiger partial charge on any atom is 0.303 e. The molecular weight excluding hydrogens is 258 g/mol. The smallest absolute Gasteiger partial charge is 0.303 e. The van der Waals surface area contributed by atoms with Crippen LogP contribution in [0.4, 0.5) is 0 Å². The molecule has 0 aromatic rings. The summed E-state index contributed by atoms with van der Waals surface area (Å²) in [5.41, 5.74) is -0.672. The molecule has 1 heterocycles. The van der Waals surface area contributed by atoms with E-state index in [1.165, 1.54) is 0 Å². The molecule has 0 aromatic carbocycles. The Kier molecular flexibility index (Phi) is 6.46. The Morgan fingerprint density at radius 2 is 2.05 bits per heavy atom. The van der Waals surface area contributed by atoms with Gasteiger partial charge in [0.05, 0.1) is 0 Å². The van der Waals surface area contributed by atoms with E-state index in [0.717, 1.165) is 19.3 Å². The van der Waals surface area contributed by atoms with Crippen LogP contribution in [0.1, 0.15) is 52.9 Å². The Balaban J connectivity index is 2.32.